The summed E-state index contributed by atoms with van der Waals surface area (Å²) in [5.41, 5.74) is 10.6. The van der Waals surface area contributed by atoms with Crippen LogP contribution in [-0.2, 0) is 0 Å². The van der Waals surface area contributed by atoms with E-state index in [2.05, 4.69) is 58.9 Å². The highest BCUT2D eigenvalue weighted by Crippen LogP contribution is 2.36. The third-order valence-electron chi connectivity index (χ3n) is 5.28. The smallest absolute Gasteiger partial charge is 0.163 e. The second-order valence-electron chi connectivity index (χ2n) is 6.97. The fourth-order valence-corrected chi connectivity index (χ4v) is 3.90. The number of fused-ring (bicyclic) bond motifs is 3. The van der Waals surface area contributed by atoms with Gasteiger partial charge < -0.3 is 10.3 Å². The van der Waals surface area contributed by atoms with Gasteiger partial charge in [0.25, 0.3) is 0 Å². The lowest BCUT2D eigenvalue weighted by Gasteiger charge is -2.17. The number of rotatable bonds is 3. The zero-order valence-electron chi connectivity index (χ0n) is 15.6. The van der Waals surface area contributed by atoms with E-state index in [1.54, 1.807) is 0 Å². The number of aromatic nitrogens is 3. The van der Waals surface area contributed by atoms with Gasteiger partial charge in [-0.25, -0.2) is 9.97 Å². The van der Waals surface area contributed by atoms with Gasteiger partial charge in [-0.2, -0.15) is 0 Å². The molecule has 2 N–H and O–H groups in total. The fraction of sp³-hybridized carbons (Fsp3) is 0.0833. The van der Waals surface area contributed by atoms with Crippen LogP contribution in [0.25, 0.3) is 33.3 Å². The standard InChI is InChI=1S/C24H20N4/c1-16(17-10-4-2-5-11-17)28-20-15-9-8-14-19(20)21-22(25)26-23(27-24(21)28)18-12-6-3-7-13-18/h2-16H,1H3,(H2,25,26,27)/t16-/m1/s1. The summed E-state index contributed by atoms with van der Waals surface area (Å²) >= 11 is 0. The van der Waals surface area contributed by atoms with Crippen molar-refractivity contribution in [1.82, 2.24) is 14.5 Å². The number of hydrogen-bond acceptors (Lipinski definition) is 3. The average Bonchev–Trinajstić information content (AvgIpc) is 3.09. The van der Waals surface area contributed by atoms with E-state index in [9.17, 15) is 0 Å². The van der Waals surface area contributed by atoms with Crippen molar-refractivity contribution >= 4 is 27.8 Å². The van der Waals surface area contributed by atoms with Gasteiger partial charge in [0.05, 0.1) is 16.9 Å². The van der Waals surface area contributed by atoms with Gasteiger partial charge in [0, 0.05) is 10.9 Å². The van der Waals surface area contributed by atoms with Crippen molar-refractivity contribution in [3.8, 4) is 11.4 Å². The summed E-state index contributed by atoms with van der Waals surface area (Å²) < 4.78 is 2.27. The van der Waals surface area contributed by atoms with E-state index in [4.69, 9.17) is 10.7 Å². The summed E-state index contributed by atoms with van der Waals surface area (Å²) in [6.45, 7) is 2.20. The van der Waals surface area contributed by atoms with Crippen LogP contribution in [0.4, 0.5) is 5.82 Å². The Morgan fingerprint density at radius 1 is 0.786 bits per heavy atom. The lowest BCUT2D eigenvalue weighted by Crippen LogP contribution is -2.08. The maximum absolute atomic E-state index is 6.45. The fourth-order valence-electron chi connectivity index (χ4n) is 3.90. The molecule has 0 spiro atoms. The van der Waals surface area contributed by atoms with Crippen molar-refractivity contribution in [3.63, 3.8) is 0 Å². The second kappa shape index (κ2) is 6.50. The van der Waals surface area contributed by atoms with Crippen LogP contribution in [0, 0.1) is 0 Å². The molecule has 136 valence electrons. The Kier molecular flexibility index (Phi) is 3.83. The van der Waals surface area contributed by atoms with Crippen molar-refractivity contribution < 1.29 is 0 Å². The Morgan fingerprint density at radius 2 is 1.43 bits per heavy atom. The van der Waals surface area contributed by atoms with Gasteiger partial charge in [0.1, 0.15) is 11.5 Å². The van der Waals surface area contributed by atoms with E-state index in [1.807, 2.05) is 42.5 Å². The van der Waals surface area contributed by atoms with Gasteiger partial charge in [0.2, 0.25) is 0 Å². The zero-order chi connectivity index (χ0) is 19.1. The van der Waals surface area contributed by atoms with E-state index in [1.165, 1.54) is 5.56 Å². The van der Waals surface area contributed by atoms with Gasteiger partial charge in [-0.3, -0.25) is 0 Å². The van der Waals surface area contributed by atoms with Crippen LogP contribution in [0.3, 0.4) is 0 Å². The normalized spacial score (nSPS) is 12.5. The van der Waals surface area contributed by atoms with E-state index in [0.29, 0.717) is 11.6 Å². The third kappa shape index (κ3) is 2.54. The van der Waals surface area contributed by atoms with E-state index >= 15 is 0 Å². The molecular formula is C24H20N4. The number of nitrogens with two attached hydrogens (primary N) is 1. The molecule has 0 saturated heterocycles. The predicted octanol–water partition coefficient (Wildman–Crippen LogP) is 5.44. The molecule has 2 aromatic heterocycles. The van der Waals surface area contributed by atoms with Crippen molar-refractivity contribution in [2.75, 3.05) is 5.73 Å². The Morgan fingerprint density at radius 3 is 2.18 bits per heavy atom. The van der Waals surface area contributed by atoms with Crippen LogP contribution < -0.4 is 5.73 Å². The summed E-state index contributed by atoms with van der Waals surface area (Å²) in [5.74, 6) is 1.16. The first-order valence-electron chi connectivity index (χ1n) is 9.40. The number of anilines is 1. The van der Waals surface area contributed by atoms with Gasteiger partial charge in [-0.15, -0.1) is 0 Å². The van der Waals surface area contributed by atoms with Crippen molar-refractivity contribution in [3.05, 3.63) is 90.5 Å². The lowest BCUT2D eigenvalue weighted by atomic mass is 10.1. The van der Waals surface area contributed by atoms with E-state index < -0.39 is 0 Å². The summed E-state index contributed by atoms with van der Waals surface area (Å²) in [6, 6.07) is 28.9. The molecule has 0 unspecified atom stereocenters. The highest BCUT2D eigenvalue weighted by molar-refractivity contribution is 6.11. The first-order chi connectivity index (χ1) is 13.7. The van der Waals surface area contributed by atoms with Crippen LogP contribution in [0.2, 0.25) is 0 Å². The largest absolute Gasteiger partial charge is 0.383 e. The number of para-hydroxylation sites is 1. The molecule has 0 radical (unpaired) electrons. The average molecular weight is 364 g/mol. The maximum atomic E-state index is 6.45. The first-order valence-corrected chi connectivity index (χ1v) is 9.40. The highest BCUT2D eigenvalue weighted by atomic mass is 15.1. The summed E-state index contributed by atoms with van der Waals surface area (Å²) in [6.07, 6.45) is 0. The monoisotopic (exact) mass is 364 g/mol. The molecule has 3 aromatic carbocycles. The topological polar surface area (TPSA) is 56.7 Å². The molecule has 28 heavy (non-hydrogen) atoms. The van der Waals surface area contributed by atoms with Crippen LogP contribution in [0.5, 0.6) is 0 Å². The number of nitrogen functional groups attached to an aromatic ring is 1. The molecule has 5 rings (SSSR count). The summed E-state index contributed by atoms with van der Waals surface area (Å²) in [7, 11) is 0. The minimum atomic E-state index is 0.113. The predicted molar refractivity (Wildman–Crippen MR) is 115 cm³/mol. The molecular weight excluding hydrogens is 344 g/mol. The Labute approximate surface area is 163 Å². The van der Waals surface area contributed by atoms with E-state index in [0.717, 1.165) is 27.5 Å². The van der Waals surface area contributed by atoms with Gasteiger partial charge in [-0.05, 0) is 18.6 Å². The Balaban J connectivity index is 1.85. The molecule has 0 fully saturated rings. The van der Waals surface area contributed by atoms with Gasteiger partial charge in [-0.1, -0.05) is 78.9 Å². The van der Waals surface area contributed by atoms with Crippen LogP contribution in [0.15, 0.2) is 84.9 Å². The first kappa shape index (κ1) is 16.5. The minimum Gasteiger partial charge on any atom is -0.383 e. The quantitative estimate of drug-likeness (QED) is 0.463. The molecule has 0 saturated carbocycles. The molecule has 1 atom stereocenters. The lowest BCUT2D eigenvalue weighted by molar-refractivity contribution is 0.679. The molecule has 4 heteroatoms. The molecule has 0 aliphatic carbocycles. The van der Waals surface area contributed by atoms with Crippen molar-refractivity contribution in [1.29, 1.82) is 0 Å². The molecule has 0 amide bonds. The van der Waals surface area contributed by atoms with Crippen LogP contribution >= 0.6 is 0 Å². The van der Waals surface area contributed by atoms with Gasteiger partial charge >= 0.3 is 0 Å². The van der Waals surface area contributed by atoms with Crippen molar-refractivity contribution in [2.24, 2.45) is 0 Å². The van der Waals surface area contributed by atoms with Gasteiger partial charge in [0.15, 0.2) is 5.82 Å². The molecule has 0 bridgehead atoms. The SMILES string of the molecule is C[C@H](c1ccccc1)n1c2ccccc2c2c(N)nc(-c3ccccc3)nc21. The Bertz CT molecular complexity index is 1270. The molecule has 5 aromatic rings. The highest BCUT2D eigenvalue weighted by Gasteiger charge is 2.20. The van der Waals surface area contributed by atoms with Crippen LogP contribution in [0.1, 0.15) is 18.5 Å². The number of hydrogen-bond donors (Lipinski definition) is 1. The molecule has 0 aliphatic heterocycles. The minimum absolute atomic E-state index is 0.113. The molecule has 0 aliphatic rings. The zero-order valence-corrected chi connectivity index (χ0v) is 15.6. The third-order valence-corrected chi connectivity index (χ3v) is 5.28. The van der Waals surface area contributed by atoms with Crippen LogP contribution in [-0.4, -0.2) is 14.5 Å². The number of nitrogens with zero attached hydrogens (tertiary/aromatic N) is 3. The second-order valence-corrected chi connectivity index (χ2v) is 6.97. The Hall–Kier alpha value is -3.66. The summed E-state index contributed by atoms with van der Waals surface area (Å²) in [4.78, 5) is 9.58. The molecule has 2 heterocycles. The maximum Gasteiger partial charge on any atom is 0.163 e. The summed E-state index contributed by atoms with van der Waals surface area (Å²) in [5, 5.41) is 2.00. The van der Waals surface area contributed by atoms with Crippen molar-refractivity contribution in [2.45, 2.75) is 13.0 Å². The molecule has 4 nitrogen and oxygen atoms in total. The van der Waals surface area contributed by atoms with E-state index in [-0.39, 0.29) is 6.04 Å². The number of benzene rings is 3.